The highest BCUT2D eigenvalue weighted by Crippen LogP contribution is 2.21. The molecule has 1 amide bonds. The van der Waals surface area contributed by atoms with E-state index in [1.54, 1.807) is 0 Å². The van der Waals surface area contributed by atoms with E-state index in [2.05, 4.69) is 10.4 Å². The van der Waals surface area contributed by atoms with Crippen LogP contribution in [-0.2, 0) is 6.54 Å². The fraction of sp³-hybridized carbons (Fsp3) is 0.474. The standard InChI is InChI=1S/C19H27N3O2/c1-7-22-15(6)18(14(5)21-22)19(23)20-13(4)16-9-8-10-17(11-16)24-12(2)3/h8-13H,7H2,1-6H3,(H,20,23). The minimum atomic E-state index is -0.114. The van der Waals surface area contributed by atoms with Gasteiger partial charge in [-0.15, -0.1) is 0 Å². The molecule has 1 heterocycles. The lowest BCUT2D eigenvalue weighted by atomic mass is 10.1. The molecule has 1 unspecified atom stereocenters. The third-order valence-corrected chi connectivity index (χ3v) is 3.99. The Kier molecular flexibility index (Phi) is 5.65. The fourth-order valence-electron chi connectivity index (χ4n) is 2.81. The van der Waals surface area contributed by atoms with Gasteiger partial charge in [0.1, 0.15) is 5.75 Å². The Hall–Kier alpha value is -2.30. The summed E-state index contributed by atoms with van der Waals surface area (Å²) in [6, 6.07) is 7.73. The van der Waals surface area contributed by atoms with Gasteiger partial charge in [-0.3, -0.25) is 9.48 Å². The second kappa shape index (κ2) is 7.51. The predicted molar refractivity (Wildman–Crippen MR) is 95.5 cm³/mol. The third kappa shape index (κ3) is 3.96. The fourth-order valence-corrected chi connectivity index (χ4v) is 2.81. The lowest BCUT2D eigenvalue weighted by Crippen LogP contribution is -2.27. The van der Waals surface area contributed by atoms with Gasteiger partial charge < -0.3 is 10.1 Å². The molecule has 0 aliphatic heterocycles. The van der Waals surface area contributed by atoms with Gasteiger partial charge in [0, 0.05) is 12.2 Å². The van der Waals surface area contributed by atoms with E-state index in [0.717, 1.165) is 29.2 Å². The largest absolute Gasteiger partial charge is 0.491 e. The van der Waals surface area contributed by atoms with Gasteiger partial charge in [0.15, 0.2) is 0 Å². The Labute approximate surface area is 144 Å². The summed E-state index contributed by atoms with van der Waals surface area (Å²) in [6.45, 7) is 12.5. The Morgan fingerprint density at radius 2 is 2.00 bits per heavy atom. The highest BCUT2D eigenvalue weighted by atomic mass is 16.5. The molecule has 0 bridgehead atoms. The molecular formula is C19H27N3O2. The first-order valence-electron chi connectivity index (χ1n) is 8.45. The maximum atomic E-state index is 12.7. The molecular weight excluding hydrogens is 302 g/mol. The van der Waals surface area contributed by atoms with Crippen molar-refractivity contribution in [2.24, 2.45) is 0 Å². The summed E-state index contributed by atoms with van der Waals surface area (Å²) in [4.78, 5) is 12.7. The Bertz CT molecular complexity index is 719. The highest BCUT2D eigenvalue weighted by Gasteiger charge is 2.20. The van der Waals surface area contributed by atoms with Crippen LogP contribution in [0.25, 0.3) is 0 Å². The highest BCUT2D eigenvalue weighted by molar-refractivity contribution is 5.96. The molecule has 0 fully saturated rings. The van der Waals surface area contributed by atoms with Gasteiger partial charge >= 0.3 is 0 Å². The lowest BCUT2D eigenvalue weighted by Gasteiger charge is -2.17. The minimum absolute atomic E-state index is 0.0904. The first kappa shape index (κ1) is 18.0. The summed E-state index contributed by atoms with van der Waals surface area (Å²) >= 11 is 0. The van der Waals surface area contributed by atoms with Gasteiger partial charge in [-0.1, -0.05) is 12.1 Å². The van der Waals surface area contributed by atoms with Crippen molar-refractivity contribution in [3.8, 4) is 5.75 Å². The van der Waals surface area contributed by atoms with Crippen LogP contribution in [0.3, 0.4) is 0 Å². The molecule has 130 valence electrons. The van der Waals surface area contributed by atoms with Crippen LogP contribution in [0.15, 0.2) is 24.3 Å². The van der Waals surface area contributed by atoms with Gasteiger partial charge in [-0.2, -0.15) is 5.10 Å². The first-order valence-corrected chi connectivity index (χ1v) is 8.45. The van der Waals surface area contributed by atoms with Crippen molar-refractivity contribution in [1.82, 2.24) is 15.1 Å². The summed E-state index contributed by atoms with van der Waals surface area (Å²) in [6.07, 6.45) is 0.121. The van der Waals surface area contributed by atoms with Crippen LogP contribution in [0.5, 0.6) is 5.75 Å². The smallest absolute Gasteiger partial charge is 0.255 e. The minimum Gasteiger partial charge on any atom is -0.491 e. The number of amides is 1. The zero-order valence-electron chi connectivity index (χ0n) is 15.4. The average molecular weight is 329 g/mol. The molecule has 5 nitrogen and oxygen atoms in total. The first-order chi connectivity index (χ1) is 11.3. The number of aromatic nitrogens is 2. The van der Waals surface area contributed by atoms with Crippen LogP contribution >= 0.6 is 0 Å². The van der Waals surface area contributed by atoms with Crippen molar-refractivity contribution in [2.75, 3.05) is 0 Å². The second-order valence-corrected chi connectivity index (χ2v) is 6.30. The molecule has 2 aromatic rings. The number of rotatable bonds is 6. The molecule has 1 aromatic heterocycles. The van der Waals surface area contributed by atoms with Crippen molar-refractivity contribution >= 4 is 5.91 Å². The van der Waals surface area contributed by atoms with E-state index in [0.29, 0.717) is 5.56 Å². The number of nitrogens with one attached hydrogen (secondary N) is 1. The van der Waals surface area contributed by atoms with E-state index in [9.17, 15) is 4.79 Å². The molecule has 5 heteroatoms. The molecule has 0 aliphatic carbocycles. The number of aryl methyl sites for hydroxylation is 2. The summed E-state index contributed by atoms with van der Waals surface area (Å²) in [7, 11) is 0. The van der Waals surface area contributed by atoms with Gasteiger partial charge in [0.05, 0.1) is 23.4 Å². The van der Waals surface area contributed by atoms with Gasteiger partial charge in [0.2, 0.25) is 0 Å². The van der Waals surface area contributed by atoms with E-state index in [1.165, 1.54) is 0 Å². The molecule has 1 aromatic carbocycles. The zero-order valence-corrected chi connectivity index (χ0v) is 15.4. The SMILES string of the molecule is CCn1nc(C)c(C(=O)NC(C)c2cccc(OC(C)C)c2)c1C. The molecule has 0 radical (unpaired) electrons. The van der Waals surface area contributed by atoms with Crippen LogP contribution in [0, 0.1) is 13.8 Å². The van der Waals surface area contributed by atoms with Crippen molar-refractivity contribution in [3.05, 3.63) is 46.8 Å². The van der Waals surface area contributed by atoms with E-state index in [-0.39, 0.29) is 18.1 Å². The Morgan fingerprint density at radius 1 is 1.29 bits per heavy atom. The van der Waals surface area contributed by atoms with Crippen molar-refractivity contribution < 1.29 is 9.53 Å². The monoisotopic (exact) mass is 329 g/mol. The summed E-state index contributed by atoms with van der Waals surface area (Å²) < 4.78 is 7.58. The number of hydrogen-bond acceptors (Lipinski definition) is 3. The maximum Gasteiger partial charge on any atom is 0.255 e. The van der Waals surface area contributed by atoms with E-state index >= 15 is 0 Å². The van der Waals surface area contributed by atoms with E-state index in [4.69, 9.17) is 4.74 Å². The van der Waals surface area contributed by atoms with E-state index in [1.807, 2.05) is 70.5 Å². The molecule has 24 heavy (non-hydrogen) atoms. The molecule has 1 N–H and O–H groups in total. The van der Waals surface area contributed by atoms with Gasteiger partial charge in [-0.05, 0) is 59.2 Å². The summed E-state index contributed by atoms with van der Waals surface area (Å²) in [5.74, 6) is 0.724. The molecule has 1 atom stereocenters. The number of nitrogens with zero attached hydrogens (tertiary/aromatic N) is 2. The zero-order chi connectivity index (χ0) is 17.9. The Morgan fingerprint density at radius 3 is 2.58 bits per heavy atom. The maximum absolute atomic E-state index is 12.7. The number of benzene rings is 1. The Balaban J connectivity index is 2.16. The second-order valence-electron chi connectivity index (χ2n) is 6.30. The van der Waals surface area contributed by atoms with Gasteiger partial charge in [0.25, 0.3) is 5.91 Å². The predicted octanol–water partition coefficient (Wildman–Crippen LogP) is 3.80. The normalized spacial score (nSPS) is 12.3. The quantitative estimate of drug-likeness (QED) is 0.877. The lowest BCUT2D eigenvalue weighted by molar-refractivity contribution is 0.0938. The van der Waals surface area contributed by atoms with Crippen molar-refractivity contribution in [2.45, 2.75) is 60.2 Å². The molecule has 2 rings (SSSR count). The summed E-state index contributed by atoms with van der Waals surface area (Å²) in [5.41, 5.74) is 3.34. The number of carbonyl (C=O) groups is 1. The molecule has 0 saturated carbocycles. The van der Waals surface area contributed by atoms with Crippen LogP contribution in [0.1, 0.15) is 61.0 Å². The van der Waals surface area contributed by atoms with Crippen LogP contribution < -0.4 is 10.1 Å². The van der Waals surface area contributed by atoms with E-state index < -0.39 is 0 Å². The molecule has 0 aliphatic rings. The number of carbonyl (C=O) groups excluding carboxylic acids is 1. The molecule has 0 saturated heterocycles. The van der Waals surface area contributed by atoms with Crippen molar-refractivity contribution in [3.63, 3.8) is 0 Å². The van der Waals surface area contributed by atoms with Crippen LogP contribution in [0.2, 0.25) is 0 Å². The molecule has 0 spiro atoms. The van der Waals surface area contributed by atoms with Crippen molar-refractivity contribution in [1.29, 1.82) is 0 Å². The third-order valence-electron chi connectivity index (χ3n) is 3.99. The van der Waals surface area contributed by atoms with Crippen LogP contribution in [0.4, 0.5) is 0 Å². The number of hydrogen-bond donors (Lipinski definition) is 1. The van der Waals surface area contributed by atoms with Crippen LogP contribution in [-0.4, -0.2) is 21.8 Å². The van der Waals surface area contributed by atoms with Gasteiger partial charge in [-0.25, -0.2) is 0 Å². The summed E-state index contributed by atoms with van der Waals surface area (Å²) in [5, 5.41) is 7.48. The number of ether oxygens (including phenoxy) is 1. The topological polar surface area (TPSA) is 56.2 Å². The average Bonchev–Trinajstić information content (AvgIpc) is 2.80.